The van der Waals surface area contributed by atoms with Crippen LogP contribution in [0.25, 0.3) is 0 Å². The third-order valence-electron chi connectivity index (χ3n) is 10.8. The zero-order valence-electron chi connectivity index (χ0n) is 55.6. The zero-order valence-corrected chi connectivity index (χ0v) is 60.6. The third kappa shape index (κ3) is 36.3. The van der Waals surface area contributed by atoms with Crippen molar-refractivity contribution in [1.29, 1.82) is 0 Å². The summed E-state index contributed by atoms with van der Waals surface area (Å²) in [6, 6.07) is 13.7. The molecule has 0 bridgehead atoms. The van der Waals surface area contributed by atoms with E-state index in [-0.39, 0.29) is 232 Å². The van der Waals surface area contributed by atoms with Crippen molar-refractivity contribution < 1.29 is 229 Å². The second-order valence-electron chi connectivity index (χ2n) is 21.1. The van der Waals surface area contributed by atoms with Gasteiger partial charge in [0.1, 0.15) is 88.9 Å². The Morgan fingerprint density at radius 3 is 1.51 bits per heavy atom. The molecule has 0 spiro atoms. The number of aromatic hydroxyl groups is 2. The second-order valence-corrected chi connectivity index (χ2v) is 21.3. The number of hydrogen-bond donors (Lipinski definition) is 4. The minimum absolute atomic E-state index is 0. The van der Waals surface area contributed by atoms with Crippen LogP contribution in [0.15, 0.2) is 134 Å². The third-order valence-corrected chi connectivity index (χ3v) is 11.2. The molecule has 2 aliphatic rings. The summed E-state index contributed by atoms with van der Waals surface area (Å²) in [6.45, 7) is 34.9. The molecule has 0 aliphatic carbocycles. The Hall–Kier alpha value is -4.59. The minimum atomic E-state index is -1.26. The maximum Gasteiger partial charge on any atom is 1.00 e. The molecule has 0 fully saturated rings. The topological polar surface area (TPSA) is 254 Å². The van der Waals surface area contributed by atoms with Crippen LogP contribution in [0.1, 0.15) is 129 Å². The molecule has 2 heterocycles. The number of allylic oxidation sites excluding steroid dienone is 2. The first-order chi connectivity index (χ1) is 40.9. The Morgan fingerprint density at radius 1 is 0.630 bits per heavy atom. The number of phenolic OH excluding ortho intramolecular Hbond substituents is 2. The number of ether oxygens (including phenoxy) is 6. The molecule has 5 aromatic carbocycles. The van der Waals surface area contributed by atoms with Gasteiger partial charge in [0.05, 0.1) is 36.0 Å². The van der Waals surface area contributed by atoms with Crippen molar-refractivity contribution in [2.24, 2.45) is 0 Å². The number of aliphatic hydroxyl groups is 1. The standard InChI is InChI=1S/2C15H17FO3.C12H13FO3.C11H13FO2.C7H5FO3.C4H7Cl.CH2O3.Al.2K.Li.5H/c1-10(2)8-18-14-6-12(5-13(16)7-14)15(17)19-9-11(3)4;1-9(2)5-12-13(6-11(16)7-14(12)17)15(18)19-8-10(3)4;1-12(2)6-9-8(11(14)15-3)4-7(13)5-10(9)16-12;1-11(2)5-9-7(6-13)3-8(12)4-10(9)14-11;8-5-1-4(7(10)11)2-6(9)3-5;1-4(2)3-5;2-1-4-3;;;;;;;;;/h5-7H,1,3,8-9H2,2,4H3;6-7,17H,1,3,5,8H2,2,4H3;4-5H,6H2,1-3H3;3-4,13H,5-6H2,1-2H3;1-3,9H,(H,10,11);1,3H2,2H3;1,3H;;;;;;;;;/q;;;;;;;;3*+1;;;;2*-1/p-1. The van der Waals surface area contributed by atoms with E-state index in [4.69, 9.17) is 60.7 Å². The van der Waals surface area contributed by atoms with Crippen molar-refractivity contribution in [2.45, 2.75) is 99.4 Å². The van der Waals surface area contributed by atoms with E-state index in [1.54, 1.807) is 27.7 Å². The Labute approximate surface area is 649 Å². The number of fused-ring (bicyclic) bond motifs is 2. The van der Waals surface area contributed by atoms with Gasteiger partial charge in [0.25, 0.3) is 6.47 Å². The number of carboxylic acid groups (broad SMARTS) is 1. The maximum absolute atomic E-state index is 13.4. The fourth-order valence-corrected chi connectivity index (χ4v) is 7.29. The van der Waals surface area contributed by atoms with E-state index in [2.05, 4.69) is 42.5 Å². The fourth-order valence-electron chi connectivity index (χ4n) is 7.29. The Kier molecular flexibility index (Phi) is 47.4. The summed E-state index contributed by atoms with van der Waals surface area (Å²) in [7, 11) is 1.28. The van der Waals surface area contributed by atoms with Gasteiger partial charge in [-0.3, -0.25) is 4.79 Å². The summed E-state index contributed by atoms with van der Waals surface area (Å²) in [5.74, 6) is -4.74. The van der Waals surface area contributed by atoms with E-state index >= 15 is 0 Å². The van der Waals surface area contributed by atoms with Gasteiger partial charge in [-0.25, -0.2) is 41.1 Å². The van der Waals surface area contributed by atoms with Crippen LogP contribution in [0.5, 0.6) is 28.7 Å². The molecule has 0 saturated carbocycles. The number of phenols is 2. The predicted octanol–water partition coefficient (Wildman–Crippen LogP) is 2.77. The molecule has 5 aromatic rings. The molecule has 0 saturated heterocycles. The van der Waals surface area contributed by atoms with Gasteiger partial charge in [-0.15, -0.1) is 11.6 Å². The first-order valence-corrected chi connectivity index (χ1v) is 26.7. The molecule has 0 aromatic heterocycles. The van der Waals surface area contributed by atoms with Crippen molar-refractivity contribution in [3.05, 3.63) is 207 Å². The Bertz CT molecular complexity index is 3340. The van der Waals surface area contributed by atoms with Gasteiger partial charge in [-0.05, 0) is 133 Å². The van der Waals surface area contributed by atoms with Crippen LogP contribution in [0.3, 0.4) is 0 Å². The maximum atomic E-state index is 13.4. The molecule has 0 amide bonds. The molecule has 92 heavy (non-hydrogen) atoms. The monoisotopic (exact) mass is 1370 g/mol. The molecular weight excluding hydrogens is 1300 g/mol. The number of esters is 3. The minimum Gasteiger partial charge on any atom is -1.00 e. The van der Waals surface area contributed by atoms with E-state index in [1.165, 1.54) is 43.5 Å². The van der Waals surface area contributed by atoms with Gasteiger partial charge in [-0.1, -0.05) is 44.0 Å². The first kappa shape index (κ1) is 93.8. The van der Waals surface area contributed by atoms with E-state index in [1.807, 2.05) is 34.6 Å². The molecule has 0 atom stereocenters. The van der Waals surface area contributed by atoms with E-state index in [0.717, 1.165) is 70.7 Å². The quantitative estimate of drug-likeness (QED) is 0.0128. The molecule has 0 radical (unpaired) electrons. The van der Waals surface area contributed by atoms with E-state index in [9.17, 15) is 46.2 Å². The molecule has 4 N–H and O–H groups in total. The number of hydrogen-bond acceptors (Lipinski definition) is 16. The van der Waals surface area contributed by atoms with Crippen molar-refractivity contribution in [3.63, 3.8) is 0 Å². The number of aliphatic hydroxyl groups excluding tert-OH is 1. The Balaban J connectivity index is -0.000000247. The summed E-state index contributed by atoms with van der Waals surface area (Å²) < 4.78 is 96.4. The van der Waals surface area contributed by atoms with Crippen molar-refractivity contribution in [2.75, 3.05) is 32.8 Å². The molecule has 17 nitrogen and oxygen atoms in total. The van der Waals surface area contributed by atoms with Crippen LogP contribution in [0, 0.1) is 29.1 Å². The number of halogens is 6. The second kappa shape index (κ2) is 46.5. The summed E-state index contributed by atoms with van der Waals surface area (Å²) in [5.41, 5.74) is 5.98. The number of carboxylic acids is 1. The Morgan fingerprint density at radius 2 is 1.07 bits per heavy atom. The van der Waals surface area contributed by atoms with Gasteiger partial charge in [0.2, 0.25) is 0 Å². The van der Waals surface area contributed by atoms with Crippen LogP contribution in [-0.4, -0.2) is 112 Å². The number of aromatic carboxylic acids is 1. The summed E-state index contributed by atoms with van der Waals surface area (Å²) in [5, 5.41) is 44.3. The number of methoxy groups -OCH3 is 1. The van der Waals surface area contributed by atoms with Gasteiger partial charge >= 0.3 is 146 Å². The van der Waals surface area contributed by atoms with Crippen LogP contribution < -0.4 is 141 Å². The number of rotatable bonds is 16. The van der Waals surface area contributed by atoms with Gasteiger partial charge in [0.15, 0.2) is 17.4 Å². The smallest absolute Gasteiger partial charge is 1.00 e. The SMILES string of the molecule is C=C(C)CCl.C=C(C)COC(=O)c1cc(F)cc(O)c1CC(=C)C.C=C(C)COC(=O)c1cc(F)cc(OCC(=C)C)c1.CC1(C)Cc2c(CO)cc(F)cc2O1.COC(=O)c1cc(F)cc2c1CC(C)(C)O2.O=C(O)c1cc(O)cc(F)c1.O=CO[O-].[AlH3].[H-].[H-].[K+].[K+].[Li+]. The van der Waals surface area contributed by atoms with E-state index < -0.39 is 52.7 Å². The zero-order chi connectivity index (χ0) is 67.4. The number of carbonyl (C=O) groups excluding carboxylic acids is 4. The number of alkyl halides is 1. The summed E-state index contributed by atoms with van der Waals surface area (Å²) in [4.78, 5) is 56.5. The molecule has 0 unspecified atom stereocenters. The first-order valence-electron chi connectivity index (χ1n) is 26.1. The van der Waals surface area contributed by atoms with Gasteiger partial charge in [-0.2, -0.15) is 0 Å². The molecule has 488 valence electrons. The number of carbonyl (C=O) groups is 5. The summed E-state index contributed by atoms with van der Waals surface area (Å²) >= 11 is 5.24. The largest absolute Gasteiger partial charge is 1.00 e. The van der Waals surface area contributed by atoms with Crippen molar-refractivity contribution >= 4 is 59.3 Å². The van der Waals surface area contributed by atoms with Gasteiger partial charge < -0.3 is 61.8 Å². The average molecular weight is 1370 g/mol. The molecule has 2 aliphatic heterocycles. The van der Waals surface area contributed by atoms with Crippen LogP contribution in [-0.2, 0) is 49.8 Å². The predicted molar refractivity (Wildman–Crippen MR) is 330 cm³/mol. The van der Waals surface area contributed by atoms with Crippen molar-refractivity contribution in [3.8, 4) is 28.7 Å². The molecule has 7 rings (SSSR count). The van der Waals surface area contributed by atoms with Crippen LogP contribution in [0.4, 0.5) is 22.0 Å². The van der Waals surface area contributed by atoms with Crippen LogP contribution in [0.2, 0.25) is 0 Å². The molecule has 27 heteroatoms. The molecular formula is C65H78AlClF5K2LiO17. The normalized spacial score (nSPS) is 11.5. The summed E-state index contributed by atoms with van der Waals surface area (Å²) in [6.07, 6.45) is 1.58. The fraction of sp³-hybridized carbons (Fsp3) is 0.308. The van der Waals surface area contributed by atoms with E-state index in [0.29, 0.717) is 46.1 Å². The van der Waals surface area contributed by atoms with Gasteiger partial charge in [0, 0.05) is 65.7 Å². The van der Waals surface area contributed by atoms with Crippen LogP contribution >= 0.6 is 11.6 Å². The van der Waals surface area contributed by atoms with Crippen molar-refractivity contribution in [1.82, 2.24) is 0 Å². The number of benzene rings is 5. The average Bonchev–Trinajstić information content (AvgIpc) is 1.66.